The Kier molecular flexibility index (Phi) is 4.82. The van der Waals surface area contributed by atoms with Crippen molar-refractivity contribution in [1.29, 1.82) is 0 Å². The number of carbonyl (C=O) groups is 1. The van der Waals surface area contributed by atoms with Crippen molar-refractivity contribution in [1.82, 2.24) is 0 Å². The fourth-order valence-corrected chi connectivity index (χ4v) is 2.08. The van der Waals surface area contributed by atoms with Gasteiger partial charge in [-0.1, -0.05) is 29.8 Å². The van der Waals surface area contributed by atoms with Crippen LogP contribution in [0.1, 0.15) is 5.56 Å². The van der Waals surface area contributed by atoms with Crippen LogP contribution in [0.15, 0.2) is 48.5 Å². The first-order chi connectivity index (χ1) is 10.1. The van der Waals surface area contributed by atoms with Gasteiger partial charge >= 0.3 is 0 Å². The molecule has 21 heavy (non-hydrogen) atoms. The van der Waals surface area contributed by atoms with E-state index in [1.165, 1.54) is 5.56 Å². The second-order valence-electron chi connectivity index (χ2n) is 4.94. The molecule has 0 saturated carbocycles. The Morgan fingerprint density at radius 3 is 2.48 bits per heavy atom. The number of amides is 1. The van der Waals surface area contributed by atoms with Crippen molar-refractivity contribution in [2.24, 2.45) is 0 Å². The predicted octanol–water partition coefficient (Wildman–Crippen LogP) is 3.08. The summed E-state index contributed by atoms with van der Waals surface area (Å²) in [6.07, 6.45) is 0. The third-order valence-electron chi connectivity index (χ3n) is 3.21. The van der Waals surface area contributed by atoms with Gasteiger partial charge in [0, 0.05) is 12.7 Å². The quantitative estimate of drug-likeness (QED) is 0.917. The number of rotatable bonds is 5. The first kappa shape index (κ1) is 14.9. The van der Waals surface area contributed by atoms with Crippen LogP contribution in [0.25, 0.3) is 0 Å². The van der Waals surface area contributed by atoms with Gasteiger partial charge in [0.05, 0.1) is 19.3 Å². The van der Waals surface area contributed by atoms with Crippen LogP contribution >= 0.6 is 0 Å². The molecular formula is C17H20N2O2. The third kappa shape index (κ3) is 3.99. The fraction of sp³-hybridized carbons (Fsp3) is 0.235. The Bertz CT molecular complexity index is 608. The normalized spacial score (nSPS) is 10.0. The minimum absolute atomic E-state index is 0.0627. The zero-order valence-electron chi connectivity index (χ0n) is 12.6. The number of anilines is 2. The summed E-state index contributed by atoms with van der Waals surface area (Å²) in [5, 5.41) is 2.89. The van der Waals surface area contributed by atoms with Gasteiger partial charge in [0.25, 0.3) is 0 Å². The lowest BCUT2D eigenvalue weighted by Gasteiger charge is -2.21. The number of likely N-dealkylation sites (N-methyl/N-ethyl adjacent to an activating group) is 1. The molecule has 2 aromatic rings. The van der Waals surface area contributed by atoms with Gasteiger partial charge in [-0.2, -0.15) is 0 Å². The van der Waals surface area contributed by atoms with Crippen LogP contribution in [0.4, 0.5) is 11.4 Å². The molecule has 0 fully saturated rings. The van der Waals surface area contributed by atoms with E-state index >= 15 is 0 Å². The first-order valence-electron chi connectivity index (χ1n) is 6.81. The topological polar surface area (TPSA) is 41.6 Å². The zero-order valence-corrected chi connectivity index (χ0v) is 12.6. The molecule has 2 aromatic carbocycles. The number of aryl methyl sites for hydroxylation is 1. The van der Waals surface area contributed by atoms with Crippen molar-refractivity contribution >= 4 is 17.3 Å². The van der Waals surface area contributed by atoms with Crippen LogP contribution in [0, 0.1) is 6.92 Å². The average Bonchev–Trinajstić information content (AvgIpc) is 2.49. The molecular weight excluding hydrogens is 264 g/mol. The molecule has 0 aromatic heterocycles. The molecule has 0 unspecified atom stereocenters. The van der Waals surface area contributed by atoms with Crippen LogP contribution in [-0.4, -0.2) is 26.6 Å². The van der Waals surface area contributed by atoms with E-state index in [9.17, 15) is 4.79 Å². The summed E-state index contributed by atoms with van der Waals surface area (Å²) >= 11 is 0. The van der Waals surface area contributed by atoms with Crippen molar-refractivity contribution in [3.05, 3.63) is 54.1 Å². The highest BCUT2D eigenvalue weighted by Crippen LogP contribution is 2.26. The molecule has 0 aliphatic heterocycles. The molecule has 0 aliphatic carbocycles. The number of hydrogen-bond donors (Lipinski definition) is 1. The number of methoxy groups -OCH3 is 1. The molecule has 2 rings (SSSR count). The number of nitrogens with zero attached hydrogens (tertiary/aromatic N) is 1. The highest BCUT2D eigenvalue weighted by Gasteiger charge is 2.11. The molecule has 4 nitrogen and oxygen atoms in total. The second-order valence-corrected chi connectivity index (χ2v) is 4.94. The van der Waals surface area contributed by atoms with Gasteiger partial charge < -0.3 is 15.0 Å². The Balaban J connectivity index is 2.00. The van der Waals surface area contributed by atoms with Gasteiger partial charge in [0.15, 0.2) is 0 Å². The Morgan fingerprint density at radius 1 is 1.14 bits per heavy atom. The monoisotopic (exact) mass is 284 g/mol. The molecule has 110 valence electrons. The SMILES string of the molecule is COc1ccccc1N(C)CC(=O)Nc1ccc(C)cc1. The summed E-state index contributed by atoms with van der Waals surface area (Å²) in [6, 6.07) is 15.4. The number of para-hydroxylation sites is 2. The largest absolute Gasteiger partial charge is 0.495 e. The van der Waals surface area contributed by atoms with Gasteiger partial charge in [0.2, 0.25) is 5.91 Å². The summed E-state index contributed by atoms with van der Waals surface area (Å²) in [5.41, 5.74) is 2.86. The van der Waals surface area contributed by atoms with E-state index in [1.54, 1.807) is 7.11 Å². The van der Waals surface area contributed by atoms with Crippen molar-refractivity contribution in [3.8, 4) is 5.75 Å². The van der Waals surface area contributed by atoms with Crippen LogP contribution in [0.3, 0.4) is 0 Å². The first-order valence-corrected chi connectivity index (χ1v) is 6.81. The lowest BCUT2D eigenvalue weighted by Crippen LogP contribution is -2.30. The lowest BCUT2D eigenvalue weighted by molar-refractivity contribution is -0.114. The smallest absolute Gasteiger partial charge is 0.243 e. The maximum absolute atomic E-state index is 12.1. The number of ether oxygens (including phenoxy) is 1. The summed E-state index contributed by atoms with van der Waals surface area (Å²) < 4.78 is 5.31. The van der Waals surface area contributed by atoms with Gasteiger partial charge in [-0.05, 0) is 31.2 Å². The second kappa shape index (κ2) is 6.79. The predicted molar refractivity (Wildman–Crippen MR) is 86.1 cm³/mol. The summed E-state index contributed by atoms with van der Waals surface area (Å²) in [6.45, 7) is 2.27. The molecule has 0 heterocycles. The third-order valence-corrected chi connectivity index (χ3v) is 3.21. The molecule has 0 radical (unpaired) electrons. The summed E-state index contributed by atoms with van der Waals surface area (Å²) in [4.78, 5) is 14.0. The Morgan fingerprint density at radius 2 is 1.81 bits per heavy atom. The molecule has 1 N–H and O–H groups in total. The summed E-state index contributed by atoms with van der Waals surface area (Å²) in [5.74, 6) is 0.690. The zero-order chi connectivity index (χ0) is 15.2. The average molecular weight is 284 g/mol. The number of hydrogen-bond acceptors (Lipinski definition) is 3. The van der Waals surface area contributed by atoms with Crippen LogP contribution in [0.2, 0.25) is 0 Å². The lowest BCUT2D eigenvalue weighted by atomic mass is 10.2. The maximum atomic E-state index is 12.1. The highest BCUT2D eigenvalue weighted by molar-refractivity contribution is 5.94. The number of nitrogens with one attached hydrogen (secondary N) is 1. The Labute approximate surface area is 125 Å². The van der Waals surface area contributed by atoms with Crippen molar-refractivity contribution in [2.75, 3.05) is 30.9 Å². The molecule has 1 amide bonds. The van der Waals surface area contributed by atoms with E-state index in [0.29, 0.717) is 0 Å². The van der Waals surface area contributed by atoms with E-state index < -0.39 is 0 Å². The van der Waals surface area contributed by atoms with Crippen LogP contribution < -0.4 is 15.0 Å². The van der Waals surface area contributed by atoms with E-state index in [-0.39, 0.29) is 12.5 Å². The van der Waals surface area contributed by atoms with Crippen molar-refractivity contribution in [3.63, 3.8) is 0 Å². The standard InChI is InChI=1S/C17H20N2O2/c1-13-8-10-14(11-9-13)18-17(20)12-19(2)15-6-4-5-7-16(15)21-3/h4-11H,12H2,1-3H3,(H,18,20). The molecule has 0 spiro atoms. The summed E-state index contributed by atoms with van der Waals surface area (Å²) in [7, 11) is 3.49. The van der Waals surface area contributed by atoms with Gasteiger partial charge in [-0.25, -0.2) is 0 Å². The van der Waals surface area contributed by atoms with Crippen molar-refractivity contribution in [2.45, 2.75) is 6.92 Å². The number of benzene rings is 2. The van der Waals surface area contributed by atoms with Gasteiger partial charge in [-0.3, -0.25) is 4.79 Å². The van der Waals surface area contributed by atoms with E-state index in [1.807, 2.05) is 67.4 Å². The molecule has 0 aliphatic rings. The molecule has 0 saturated heterocycles. The Hall–Kier alpha value is -2.49. The fourth-order valence-electron chi connectivity index (χ4n) is 2.08. The van der Waals surface area contributed by atoms with Crippen LogP contribution in [0.5, 0.6) is 5.75 Å². The van der Waals surface area contributed by atoms with Gasteiger partial charge in [-0.15, -0.1) is 0 Å². The molecule has 4 heteroatoms. The van der Waals surface area contributed by atoms with Gasteiger partial charge in [0.1, 0.15) is 5.75 Å². The minimum atomic E-state index is -0.0627. The maximum Gasteiger partial charge on any atom is 0.243 e. The van der Waals surface area contributed by atoms with Crippen molar-refractivity contribution < 1.29 is 9.53 Å². The van der Waals surface area contributed by atoms with E-state index in [4.69, 9.17) is 4.74 Å². The molecule has 0 atom stereocenters. The molecule has 0 bridgehead atoms. The van der Waals surface area contributed by atoms with E-state index in [0.717, 1.165) is 17.1 Å². The number of carbonyl (C=O) groups excluding carboxylic acids is 1. The minimum Gasteiger partial charge on any atom is -0.495 e. The van der Waals surface area contributed by atoms with E-state index in [2.05, 4.69) is 5.32 Å². The van der Waals surface area contributed by atoms with Crippen LogP contribution in [-0.2, 0) is 4.79 Å². The highest BCUT2D eigenvalue weighted by atomic mass is 16.5.